The van der Waals surface area contributed by atoms with Crippen LogP contribution in [0, 0.1) is 0 Å². The molecule has 3 heterocycles. The van der Waals surface area contributed by atoms with Crippen LogP contribution in [-0.4, -0.2) is 61.9 Å². The van der Waals surface area contributed by atoms with Crippen molar-refractivity contribution in [3.8, 4) is 5.82 Å². The van der Waals surface area contributed by atoms with Crippen molar-refractivity contribution in [2.24, 2.45) is 0 Å². The second-order valence-electron chi connectivity index (χ2n) is 6.17. The fourth-order valence-corrected chi connectivity index (χ4v) is 2.95. The van der Waals surface area contributed by atoms with E-state index in [0.717, 1.165) is 0 Å². The maximum absolute atomic E-state index is 12.5. The molecule has 0 bridgehead atoms. The van der Waals surface area contributed by atoms with E-state index in [4.69, 9.17) is 0 Å². The Morgan fingerprint density at radius 1 is 1.29 bits per heavy atom. The number of pyridine rings is 1. The normalized spacial score (nSPS) is 16.8. The third-order valence-corrected chi connectivity index (χ3v) is 4.21. The molecular weight excluding hydrogens is 379 g/mol. The molecule has 2 aromatic rings. The maximum atomic E-state index is 12.5. The molecule has 0 aliphatic carbocycles. The summed E-state index contributed by atoms with van der Waals surface area (Å²) in [7, 11) is 0. The van der Waals surface area contributed by atoms with Crippen molar-refractivity contribution >= 4 is 11.9 Å². The van der Waals surface area contributed by atoms with Gasteiger partial charge in [-0.3, -0.25) is 4.79 Å². The number of hydrogen-bond acceptors (Lipinski definition) is 5. The van der Waals surface area contributed by atoms with Crippen molar-refractivity contribution < 1.29 is 22.8 Å². The van der Waals surface area contributed by atoms with Crippen molar-refractivity contribution in [1.82, 2.24) is 35.3 Å². The summed E-state index contributed by atoms with van der Waals surface area (Å²) in [5.41, 5.74) is 0.665. The van der Waals surface area contributed by atoms with Gasteiger partial charge in [0.2, 0.25) is 5.91 Å². The number of nitrogens with one attached hydrogen (secondary N) is 2. The fourth-order valence-electron chi connectivity index (χ4n) is 2.95. The van der Waals surface area contributed by atoms with Gasteiger partial charge in [0.15, 0.2) is 5.82 Å². The Labute approximate surface area is 157 Å². The number of aromatic nitrogens is 4. The zero-order valence-electron chi connectivity index (χ0n) is 14.7. The van der Waals surface area contributed by atoms with Crippen LogP contribution in [-0.2, 0) is 11.3 Å². The van der Waals surface area contributed by atoms with Crippen LogP contribution >= 0.6 is 0 Å². The predicted molar refractivity (Wildman–Crippen MR) is 90.2 cm³/mol. The lowest BCUT2D eigenvalue weighted by Gasteiger charge is -2.24. The minimum Gasteiger partial charge on any atom is -0.345 e. The molecule has 0 spiro atoms. The van der Waals surface area contributed by atoms with Crippen LogP contribution in [0.4, 0.5) is 18.0 Å². The third kappa shape index (κ3) is 4.75. The van der Waals surface area contributed by atoms with Gasteiger partial charge in [0.05, 0.1) is 0 Å². The lowest BCUT2D eigenvalue weighted by Crippen LogP contribution is -2.50. The number of carbonyl (C=O) groups excluding carboxylic acids is 2. The summed E-state index contributed by atoms with van der Waals surface area (Å²) in [6, 6.07) is 2.00. The molecule has 2 aromatic heterocycles. The number of amides is 3. The second kappa shape index (κ2) is 8.23. The minimum absolute atomic E-state index is 0.106. The van der Waals surface area contributed by atoms with Gasteiger partial charge in [0, 0.05) is 24.8 Å². The summed E-state index contributed by atoms with van der Waals surface area (Å²) in [6.45, 7) is -1.02. The Morgan fingerprint density at radius 3 is 2.82 bits per heavy atom. The van der Waals surface area contributed by atoms with E-state index in [2.05, 4.69) is 20.4 Å². The highest BCUT2D eigenvalue weighted by Crippen LogP contribution is 2.19. The van der Waals surface area contributed by atoms with Crippen LogP contribution in [0.1, 0.15) is 18.4 Å². The molecule has 1 fully saturated rings. The first-order chi connectivity index (χ1) is 13.3. The van der Waals surface area contributed by atoms with Gasteiger partial charge < -0.3 is 15.5 Å². The second-order valence-corrected chi connectivity index (χ2v) is 6.17. The lowest BCUT2D eigenvalue weighted by molar-refractivity contribution is -0.140. The van der Waals surface area contributed by atoms with Crippen LogP contribution in [0.3, 0.4) is 0 Å². The summed E-state index contributed by atoms with van der Waals surface area (Å²) >= 11 is 0. The van der Waals surface area contributed by atoms with Crippen molar-refractivity contribution in [3.05, 3.63) is 36.5 Å². The third-order valence-electron chi connectivity index (χ3n) is 4.21. The average Bonchev–Trinajstić information content (AvgIpc) is 3.35. The van der Waals surface area contributed by atoms with Gasteiger partial charge in [-0.1, -0.05) is 6.07 Å². The number of halogens is 3. The van der Waals surface area contributed by atoms with E-state index < -0.39 is 30.7 Å². The Hall–Kier alpha value is -3.18. The van der Waals surface area contributed by atoms with Crippen LogP contribution < -0.4 is 10.6 Å². The SMILES string of the molecule is O=C(NCC(F)(F)F)C1CCCN1C(=O)NCc1cccnc1-n1cncn1. The highest BCUT2D eigenvalue weighted by atomic mass is 19.4. The van der Waals surface area contributed by atoms with Gasteiger partial charge >= 0.3 is 12.2 Å². The first-order valence-electron chi connectivity index (χ1n) is 8.53. The molecule has 0 radical (unpaired) electrons. The average molecular weight is 397 g/mol. The summed E-state index contributed by atoms with van der Waals surface area (Å²) < 4.78 is 38.3. The minimum atomic E-state index is -4.50. The van der Waals surface area contributed by atoms with E-state index in [0.29, 0.717) is 30.8 Å². The van der Waals surface area contributed by atoms with E-state index in [1.54, 1.807) is 18.3 Å². The van der Waals surface area contributed by atoms with Gasteiger partial charge in [-0.05, 0) is 18.9 Å². The van der Waals surface area contributed by atoms with Crippen LogP contribution in [0.15, 0.2) is 31.0 Å². The van der Waals surface area contributed by atoms with Crippen molar-refractivity contribution in [2.75, 3.05) is 13.1 Å². The number of hydrogen-bond donors (Lipinski definition) is 2. The fraction of sp³-hybridized carbons (Fsp3) is 0.438. The molecule has 0 saturated carbocycles. The monoisotopic (exact) mass is 397 g/mol. The molecule has 9 nitrogen and oxygen atoms in total. The molecule has 3 amide bonds. The molecule has 0 aromatic carbocycles. The first-order valence-corrected chi connectivity index (χ1v) is 8.53. The highest BCUT2D eigenvalue weighted by molar-refractivity contribution is 5.87. The molecule has 1 atom stereocenters. The standard InChI is InChI=1S/C16H18F3N7O2/c17-16(18,19)8-23-14(27)12-4-2-6-25(12)15(28)22-7-11-3-1-5-21-13(11)26-10-20-9-24-26/h1,3,5,9-10,12H,2,4,6-8H2,(H,22,28)(H,23,27). The summed E-state index contributed by atoms with van der Waals surface area (Å²) in [5.74, 6) is -0.323. The summed E-state index contributed by atoms with van der Waals surface area (Å²) in [6.07, 6.45) is 0.743. The molecule has 12 heteroatoms. The number of urea groups is 1. The molecule has 1 unspecified atom stereocenters. The number of alkyl halides is 3. The van der Waals surface area contributed by atoms with Crippen molar-refractivity contribution in [2.45, 2.75) is 31.6 Å². The zero-order valence-corrected chi connectivity index (χ0v) is 14.7. The van der Waals surface area contributed by atoms with Crippen LogP contribution in [0.2, 0.25) is 0 Å². The van der Waals surface area contributed by atoms with Gasteiger partial charge in [-0.2, -0.15) is 18.3 Å². The summed E-state index contributed by atoms with van der Waals surface area (Å²) in [5, 5.41) is 8.52. The smallest absolute Gasteiger partial charge is 0.345 e. The van der Waals surface area contributed by atoms with Crippen molar-refractivity contribution in [1.29, 1.82) is 0 Å². The van der Waals surface area contributed by atoms with Gasteiger partial charge in [-0.25, -0.2) is 19.4 Å². The van der Waals surface area contributed by atoms with E-state index in [1.807, 2.05) is 5.32 Å². The van der Waals surface area contributed by atoms with Gasteiger partial charge in [0.1, 0.15) is 25.2 Å². The molecular formula is C16H18F3N7O2. The topological polar surface area (TPSA) is 105 Å². The number of carbonyl (C=O) groups is 2. The zero-order chi connectivity index (χ0) is 20.1. The number of likely N-dealkylation sites (tertiary alicyclic amines) is 1. The number of nitrogens with zero attached hydrogens (tertiary/aromatic N) is 5. The molecule has 1 aliphatic heterocycles. The van der Waals surface area contributed by atoms with Crippen LogP contribution in [0.5, 0.6) is 0 Å². The highest BCUT2D eigenvalue weighted by Gasteiger charge is 2.36. The number of rotatable bonds is 5. The lowest BCUT2D eigenvalue weighted by atomic mass is 10.2. The van der Waals surface area contributed by atoms with E-state index in [9.17, 15) is 22.8 Å². The van der Waals surface area contributed by atoms with E-state index in [1.165, 1.54) is 22.2 Å². The predicted octanol–water partition coefficient (Wildman–Crippen LogP) is 1.01. The molecule has 2 N–H and O–H groups in total. The van der Waals surface area contributed by atoms with E-state index >= 15 is 0 Å². The molecule has 1 saturated heterocycles. The molecule has 150 valence electrons. The largest absolute Gasteiger partial charge is 0.405 e. The maximum Gasteiger partial charge on any atom is 0.405 e. The molecule has 1 aliphatic rings. The van der Waals surface area contributed by atoms with Gasteiger partial charge in [0.25, 0.3) is 0 Å². The Morgan fingerprint density at radius 2 is 2.11 bits per heavy atom. The van der Waals surface area contributed by atoms with Crippen LogP contribution in [0.25, 0.3) is 5.82 Å². The molecule has 3 rings (SSSR count). The first kappa shape index (κ1) is 19.6. The Kier molecular flexibility index (Phi) is 5.76. The van der Waals surface area contributed by atoms with Crippen molar-refractivity contribution in [3.63, 3.8) is 0 Å². The Bertz CT molecular complexity index is 826. The molecule has 28 heavy (non-hydrogen) atoms. The Balaban J connectivity index is 1.61. The van der Waals surface area contributed by atoms with E-state index in [-0.39, 0.29) is 6.54 Å². The summed E-state index contributed by atoms with van der Waals surface area (Å²) in [4.78, 5) is 33.8. The quantitative estimate of drug-likeness (QED) is 0.784. The van der Waals surface area contributed by atoms with Gasteiger partial charge in [-0.15, -0.1) is 0 Å².